The van der Waals surface area contributed by atoms with Crippen LogP contribution in [0.1, 0.15) is 32.4 Å². The van der Waals surface area contributed by atoms with E-state index in [-0.39, 0.29) is 4.21 Å². The van der Waals surface area contributed by atoms with Gasteiger partial charge in [0, 0.05) is 17.6 Å². The van der Waals surface area contributed by atoms with E-state index < -0.39 is 21.7 Å². The first-order chi connectivity index (χ1) is 8.19. The largest absolute Gasteiger partial charge is 0.387 e. The highest BCUT2D eigenvalue weighted by Gasteiger charge is 2.28. The van der Waals surface area contributed by atoms with Crippen molar-refractivity contribution < 1.29 is 13.5 Å². The van der Waals surface area contributed by atoms with E-state index in [0.717, 1.165) is 4.21 Å². The van der Waals surface area contributed by atoms with Gasteiger partial charge in [-0.2, -0.15) is 0 Å². The number of aliphatic hydroxyl groups is 1. The van der Waals surface area contributed by atoms with Crippen molar-refractivity contribution in [2.24, 2.45) is 0 Å². The van der Waals surface area contributed by atoms with Gasteiger partial charge in [-0.25, -0.2) is 13.1 Å². The Morgan fingerprint density at radius 1 is 1.50 bits per heavy atom. The lowest BCUT2D eigenvalue weighted by molar-refractivity contribution is 0.178. The minimum Gasteiger partial charge on any atom is -0.387 e. The van der Waals surface area contributed by atoms with Gasteiger partial charge in [0.25, 0.3) is 10.0 Å². The van der Waals surface area contributed by atoms with Crippen molar-refractivity contribution in [3.05, 3.63) is 11.6 Å². The third-order valence-corrected chi connectivity index (χ3v) is 6.62. The Labute approximate surface area is 115 Å². The zero-order valence-electron chi connectivity index (χ0n) is 10.4. The fourth-order valence-corrected chi connectivity index (χ4v) is 5.70. The first-order valence-electron chi connectivity index (χ1n) is 5.44. The summed E-state index contributed by atoms with van der Waals surface area (Å²) in [6, 6.07) is 1.56. The number of sulfonamides is 1. The SMILES string of the molecule is CC(C)(C)NS(=O)(=O)c1cc2c(s1)SNC[C@H]2O. The molecule has 0 aliphatic carbocycles. The van der Waals surface area contributed by atoms with Crippen LogP contribution in [0.2, 0.25) is 0 Å². The van der Waals surface area contributed by atoms with E-state index in [1.165, 1.54) is 23.3 Å². The fourth-order valence-electron chi connectivity index (χ4n) is 1.56. The summed E-state index contributed by atoms with van der Waals surface area (Å²) in [5.41, 5.74) is 0.172. The van der Waals surface area contributed by atoms with Crippen molar-refractivity contribution >= 4 is 33.3 Å². The van der Waals surface area contributed by atoms with Crippen LogP contribution in [0.3, 0.4) is 0 Å². The van der Waals surface area contributed by atoms with Crippen molar-refractivity contribution in [3.8, 4) is 0 Å². The molecule has 1 aromatic heterocycles. The molecule has 18 heavy (non-hydrogen) atoms. The molecule has 0 bridgehead atoms. The summed E-state index contributed by atoms with van der Waals surface area (Å²) in [4.78, 5) is 0. The van der Waals surface area contributed by atoms with Crippen LogP contribution >= 0.6 is 23.3 Å². The number of aliphatic hydroxyl groups excluding tert-OH is 1. The normalized spacial score (nSPS) is 20.8. The summed E-state index contributed by atoms with van der Waals surface area (Å²) in [5, 5.41) is 9.79. The van der Waals surface area contributed by atoms with Crippen LogP contribution in [-0.2, 0) is 10.0 Å². The topological polar surface area (TPSA) is 78.4 Å². The van der Waals surface area contributed by atoms with Gasteiger partial charge < -0.3 is 5.11 Å². The molecule has 8 heteroatoms. The molecule has 0 unspecified atom stereocenters. The molecule has 0 aromatic carbocycles. The molecule has 0 fully saturated rings. The third-order valence-electron chi connectivity index (χ3n) is 2.21. The summed E-state index contributed by atoms with van der Waals surface area (Å²) in [6.45, 7) is 5.82. The lowest BCUT2D eigenvalue weighted by atomic mass is 10.1. The first-order valence-corrected chi connectivity index (χ1v) is 8.56. The molecular weight excluding hydrogens is 292 g/mol. The molecule has 0 radical (unpaired) electrons. The van der Waals surface area contributed by atoms with Gasteiger partial charge >= 0.3 is 0 Å². The Morgan fingerprint density at radius 2 is 2.17 bits per heavy atom. The fraction of sp³-hybridized carbons (Fsp3) is 0.600. The average Bonchev–Trinajstić information content (AvgIpc) is 2.59. The van der Waals surface area contributed by atoms with Crippen LogP contribution < -0.4 is 9.44 Å². The zero-order valence-corrected chi connectivity index (χ0v) is 12.8. The predicted octanol–water partition coefficient (Wildman–Crippen LogP) is 1.47. The number of thiophene rings is 1. The van der Waals surface area contributed by atoms with E-state index in [0.29, 0.717) is 12.1 Å². The predicted molar refractivity (Wildman–Crippen MR) is 73.2 cm³/mol. The maximum Gasteiger partial charge on any atom is 0.250 e. The highest BCUT2D eigenvalue weighted by atomic mass is 32.3. The van der Waals surface area contributed by atoms with E-state index in [1.807, 2.05) is 0 Å². The smallest absolute Gasteiger partial charge is 0.250 e. The molecule has 1 atom stereocenters. The van der Waals surface area contributed by atoms with Crippen LogP contribution in [0.5, 0.6) is 0 Å². The van der Waals surface area contributed by atoms with Crippen LogP contribution in [0.4, 0.5) is 0 Å². The molecule has 5 nitrogen and oxygen atoms in total. The molecule has 0 spiro atoms. The van der Waals surface area contributed by atoms with E-state index in [9.17, 15) is 13.5 Å². The number of β-amino-alcohol motifs (C(OH)–C–C–N with tert-alkyl or cyclic N) is 1. The highest BCUT2D eigenvalue weighted by Crippen LogP contribution is 2.39. The van der Waals surface area contributed by atoms with E-state index in [2.05, 4.69) is 9.44 Å². The molecule has 102 valence electrons. The Hall–Kier alpha value is -0.120. The minimum atomic E-state index is -3.52. The summed E-state index contributed by atoms with van der Waals surface area (Å²) < 4.78 is 30.9. The van der Waals surface area contributed by atoms with Crippen molar-refractivity contribution in [3.63, 3.8) is 0 Å². The molecule has 1 aromatic rings. The van der Waals surface area contributed by atoms with Crippen molar-refractivity contribution in [1.29, 1.82) is 0 Å². The number of rotatable bonds is 2. The van der Waals surface area contributed by atoms with E-state index in [1.54, 1.807) is 26.8 Å². The molecule has 0 saturated carbocycles. The van der Waals surface area contributed by atoms with Crippen LogP contribution in [0, 0.1) is 0 Å². The Morgan fingerprint density at radius 3 is 2.72 bits per heavy atom. The molecule has 3 N–H and O–H groups in total. The van der Waals surface area contributed by atoms with Crippen molar-refractivity contribution in [1.82, 2.24) is 9.44 Å². The van der Waals surface area contributed by atoms with E-state index >= 15 is 0 Å². The number of fused-ring (bicyclic) bond motifs is 1. The summed E-state index contributed by atoms with van der Waals surface area (Å²) in [5.74, 6) is 0. The second kappa shape index (κ2) is 4.77. The molecule has 1 aliphatic rings. The maximum absolute atomic E-state index is 12.2. The average molecular weight is 308 g/mol. The monoisotopic (exact) mass is 308 g/mol. The molecule has 2 heterocycles. The second-order valence-electron chi connectivity index (χ2n) is 5.13. The highest BCUT2D eigenvalue weighted by molar-refractivity contribution is 8.00. The van der Waals surface area contributed by atoms with Gasteiger partial charge in [0.05, 0.1) is 10.3 Å². The lowest BCUT2D eigenvalue weighted by Gasteiger charge is -2.19. The maximum atomic E-state index is 12.2. The zero-order chi connectivity index (χ0) is 13.6. The quantitative estimate of drug-likeness (QED) is 0.721. The van der Waals surface area contributed by atoms with Crippen LogP contribution in [0.25, 0.3) is 0 Å². The molecular formula is C10H16N2O3S3. The van der Waals surface area contributed by atoms with E-state index in [4.69, 9.17) is 0 Å². The number of hydrogen-bond donors (Lipinski definition) is 3. The second-order valence-corrected chi connectivity index (χ2v) is 9.25. The first kappa shape index (κ1) is 14.3. The van der Waals surface area contributed by atoms with Crippen LogP contribution in [-0.4, -0.2) is 25.6 Å². The summed E-state index contributed by atoms with van der Waals surface area (Å²) in [6.07, 6.45) is -0.643. The van der Waals surface area contributed by atoms with Gasteiger partial charge in [-0.3, -0.25) is 4.72 Å². The van der Waals surface area contributed by atoms with Gasteiger partial charge in [-0.05, 0) is 38.8 Å². The van der Waals surface area contributed by atoms with Gasteiger partial charge in [0.1, 0.15) is 4.21 Å². The standard InChI is InChI=1S/C10H16N2O3S3/c1-10(2,3)12-18(14,15)8-4-6-7(13)5-11-17-9(6)16-8/h4,7,11-13H,5H2,1-3H3/t7-/m1/s1. The van der Waals surface area contributed by atoms with Gasteiger partial charge in [-0.15, -0.1) is 11.3 Å². The summed E-state index contributed by atoms with van der Waals surface area (Å²) >= 11 is 2.54. The Balaban J connectivity index is 2.35. The van der Waals surface area contributed by atoms with Crippen molar-refractivity contribution in [2.45, 2.75) is 40.8 Å². The Bertz CT molecular complexity index is 545. The molecule has 2 rings (SSSR count). The Kier molecular flexibility index (Phi) is 3.79. The van der Waals surface area contributed by atoms with Crippen LogP contribution in [0.15, 0.2) is 14.5 Å². The van der Waals surface area contributed by atoms with Crippen molar-refractivity contribution in [2.75, 3.05) is 6.54 Å². The minimum absolute atomic E-state index is 0.248. The molecule has 0 saturated heterocycles. The third kappa shape index (κ3) is 3.06. The summed E-state index contributed by atoms with van der Waals surface area (Å²) in [7, 11) is -3.52. The molecule has 1 aliphatic heterocycles. The number of nitrogens with one attached hydrogen (secondary N) is 2. The van der Waals surface area contributed by atoms with Gasteiger partial charge in [-0.1, -0.05) is 0 Å². The lowest BCUT2D eigenvalue weighted by Crippen LogP contribution is -2.40. The van der Waals surface area contributed by atoms with Gasteiger partial charge in [0.15, 0.2) is 0 Å². The van der Waals surface area contributed by atoms with Gasteiger partial charge in [0.2, 0.25) is 0 Å². The number of hydrogen-bond acceptors (Lipinski definition) is 6. The molecule has 0 amide bonds.